The minimum atomic E-state index is -0.242. The maximum atomic E-state index is 12.2. The van der Waals surface area contributed by atoms with E-state index in [2.05, 4.69) is 21.3 Å². The van der Waals surface area contributed by atoms with Gasteiger partial charge >= 0.3 is 0 Å². The molecule has 0 aliphatic carbocycles. The van der Waals surface area contributed by atoms with Crippen molar-refractivity contribution in [1.29, 1.82) is 0 Å². The number of ether oxygens (including phenoxy) is 1. The minimum absolute atomic E-state index is 0.0387. The van der Waals surface area contributed by atoms with E-state index >= 15 is 0 Å². The van der Waals surface area contributed by atoms with Crippen LogP contribution < -0.4 is 21.3 Å². The topological polar surface area (TPSA) is 109 Å². The number of carbonyl (C=O) groups excluding carboxylic acids is 3. The van der Waals surface area contributed by atoms with Crippen molar-refractivity contribution in [3.05, 3.63) is 59.7 Å². The first-order valence-corrected chi connectivity index (χ1v) is 10.2. The summed E-state index contributed by atoms with van der Waals surface area (Å²) in [5.74, 6) is -0.572. The molecular formula is C23H30N4O4. The fourth-order valence-electron chi connectivity index (χ4n) is 2.73. The highest BCUT2D eigenvalue weighted by molar-refractivity contribution is 5.97. The van der Waals surface area contributed by atoms with Gasteiger partial charge in [0.2, 0.25) is 5.91 Å². The average molecular weight is 427 g/mol. The molecule has 31 heavy (non-hydrogen) atoms. The van der Waals surface area contributed by atoms with Crippen LogP contribution in [0.1, 0.15) is 41.0 Å². The van der Waals surface area contributed by atoms with Crippen LogP contribution in [0.2, 0.25) is 0 Å². The van der Waals surface area contributed by atoms with Crippen LogP contribution in [-0.2, 0) is 9.53 Å². The maximum absolute atomic E-state index is 12.2. The highest BCUT2D eigenvalue weighted by atomic mass is 16.5. The maximum Gasteiger partial charge on any atom is 0.251 e. The Labute approximate surface area is 182 Å². The van der Waals surface area contributed by atoms with Gasteiger partial charge in [-0.1, -0.05) is 6.07 Å². The summed E-state index contributed by atoms with van der Waals surface area (Å²) in [4.78, 5) is 36.4. The Morgan fingerprint density at radius 2 is 1.68 bits per heavy atom. The van der Waals surface area contributed by atoms with E-state index in [4.69, 9.17) is 4.74 Å². The predicted molar refractivity (Wildman–Crippen MR) is 121 cm³/mol. The summed E-state index contributed by atoms with van der Waals surface area (Å²) in [7, 11) is 1.62. The number of carbonyl (C=O) groups is 3. The third-order valence-corrected chi connectivity index (χ3v) is 4.24. The summed E-state index contributed by atoms with van der Waals surface area (Å²) < 4.78 is 4.95. The van der Waals surface area contributed by atoms with Gasteiger partial charge in [0.05, 0.1) is 6.54 Å². The molecule has 8 nitrogen and oxygen atoms in total. The smallest absolute Gasteiger partial charge is 0.251 e. The molecule has 8 heteroatoms. The highest BCUT2D eigenvalue weighted by Gasteiger charge is 2.09. The van der Waals surface area contributed by atoms with Crippen LogP contribution in [0.4, 0.5) is 11.4 Å². The molecule has 166 valence electrons. The van der Waals surface area contributed by atoms with Crippen LogP contribution in [0.5, 0.6) is 0 Å². The predicted octanol–water partition coefficient (Wildman–Crippen LogP) is 2.64. The first kappa shape index (κ1) is 23.9. The highest BCUT2D eigenvalue weighted by Crippen LogP contribution is 2.12. The van der Waals surface area contributed by atoms with Gasteiger partial charge in [0.1, 0.15) is 0 Å². The van der Waals surface area contributed by atoms with Crippen LogP contribution in [0.15, 0.2) is 48.5 Å². The van der Waals surface area contributed by atoms with E-state index in [1.54, 1.807) is 55.6 Å². The van der Waals surface area contributed by atoms with Crippen LogP contribution >= 0.6 is 0 Å². The van der Waals surface area contributed by atoms with Gasteiger partial charge in [-0.25, -0.2) is 0 Å². The summed E-state index contributed by atoms with van der Waals surface area (Å²) in [5.41, 5.74) is 2.31. The van der Waals surface area contributed by atoms with Gasteiger partial charge in [-0.2, -0.15) is 0 Å². The zero-order valence-corrected chi connectivity index (χ0v) is 18.2. The Morgan fingerprint density at radius 3 is 2.35 bits per heavy atom. The molecule has 0 aromatic heterocycles. The van der Waals surface area contributed by atoms with Gasteiger partial charge in [-0.05, 0) is 62.7 Å². The standard InChI is InChI=1S/C23H30N4O4/c1-16(2)26-23(30)18-6-4-7-20(14-18)25-15-21(28)27-19-10-8-17(9-11-19)22(29)24-12-5-13-31-3/h4,6-11,14,16,25H,5,12-13,15H2,1-3H3,(H,24,29)(H,26,30)(H,27,28). The third kappa shape index (κ3) is 8.47. The Kier molecular flexibility index (Phi) is 9.51. The number of anilines is 2. The molecule has 0 saturated heterocycles. The molecule has 0 aliphatic heterocycles. The van der Waals surface area contributed by atoms with E-state index in [0.29, 0.717) is 35.7 Å². The molecule has 2 aromatic carbocycles. The first-order valence-electron chi connectivity index (χ1n) is 10.2. The van der Waals surface area contributed by atoms with E-state index in [-0.39, 0.29) is 30.3 Å². The van der Waals surface area contributed by atoms with Crippen molar-refractivity contribution in [3.8, 4) is 0 Å². The molecule has 3 amide bonds. The second-order valence-electron chi connectivity index (χ2n) is 7.29. The molecule has 2 rings (SSSR count). The fraction of sp³-hybridized carbons (Fsp3) is 0.348. The van der Waals surface area contributed by atoms with Crippen LogP contribution in [0.3, 0.4) is 0 Å². The lowest BCUT2D eigenvalue weighted by Crippen LogP contribution is -2.30. The van der Waals surface area contributed by atoms with Crippen molar-refractivity contribution in [2.24, 2.45) is 0 Å². The van der Waals surface area contributed by atoms with Crippen LogP contribution in [0.25, 0.3) is 0 Å². The number of benzene rings is 2. The van der Waals surface area contributed by atoms with Crippen molar-refractivity contribution in [2.75, 3.05) is 37.4 Å². The van der Waals surface area contributed by atoms with Crippen LogP contribution in [-0.4, -0.2) is 50.6 Å². The molecule has 4 N–H and O–H groups in total. The van der Waals surface area contributed by atoms with Gasteiger partial charge in [0.15, 0.2) is 0 Å². The van der Waals surface area contributed by atoms with E-state index in [1.165, 1.54) is 0 Å². The van der Waals surface area contributed by atoms with Gasteiger partial charge in [0.25, 0.3) is 11.8 Å². The van der Waals surface area contributed by atoms with E-state index in [0.717, 1.165) is 6.42 Å². The summed E-state index contributed by atoms with van der Waals surface area (Å²) in [6.45, 7) is 4.96. The van der Waals surface area contributed by atoms with Crippen LogP contribution in [0, 0.1) is 0 Å². The summed E-state index contributed by atoms with van der Waals surface area (Å²) in [6.07, 6.45) is 0.745. The van der Waals surface area contributed by atoms with Gasteiger partial charge in [-0.15, -0.1) is 0 Å². The first-order chi connectivity index (χ1) is 14.9. The van der Waals surface area contributed by atoms with Crippen molar-refractivity contribution < 1.29 is 19.1 Å². The molecule has 0 spiro atoms. The summed E-state index contributed by atoms with van der Waals surface area (Å²) in [5, 5.41) is 11.4. The number of methoxy groups -OCH3 is 1. The normalized spacial score (nSPS) is 10.5. The van der Waals surface area contributed by atoms with Crippen molar-refractivity contribution in [3.63, 3.8) is 0 Å². The second-order valence-corrected chi connectivity index (χ2v) is 7.29. The summed E-state index contributed by atoms with van der Waals surface area (Å²) in [6, 6.07) is 13.7. The van der Waals surface area contributed by atoms with Gasteiger partial charge < -0.3 is 26.0 Å². The number of nitrogens with one attached hydrogen (secondary N) is 4. The minimum Gasteiger partial charge on any atom is -0.385 e. The van der Waals surface area contributed by atoms with E-state index in [1.807, 2.05) is 13.8 Å². The number of amides is 3. The lowest BCUT2D eigenvalue weighted by atomic mass is 10.1. The van der Waals surface area contributed by atoms with Crippen molar-refractivity contribution in [2.45, 2.75) is 26.3 Å². The lowest BCUT2D eigenvalue weighted by molar-refractivity contribution is -0.114. The monoisotopic (exact) mass is 426 g/mol. The second kappa shape index (κ2) is 12.3. The van der Waals surface area contributed by atoms with Gasteiger partial charge in [-0.3, -0.25) is 14.4 Å². The Balaban J connectivity index is 1.82. The molecule has 0 heterocycles. The van der Waals surface area contributed by atoms with E-state index in [9.17, 15) is 14.4 Å². The molecule has 0 bridgehead atoms. The molecular weight excluding hydrogens is 396 g/mol. The molecule has 2 aromatic rings. The lowest BCUT2D eigenvalue weighted by Gasteiger charge is -2.11. The Hall–Kier alpha value is -3.39. The molecule has 0 fully saturated rings. The third-order valence-electron chi connectivity index (χ3n) is 4.24. The molecule has 0 aliphatic rings. The van der Waals surface area contributed by atoms with E-state index < -0.39 is 0 Å². The number of hydrogen-bond acceptors (Lipinski definition) is 5. The van der Waals surface area contributed by atoms with Crippen molar-refractivity contribution in [1.82, 2.24) is 10.6 Å². The number of rotatable bonds is 11. The SMILES string of the molecule is COCCCNC(=O)c1ccc(NC(=O)CNc2cccc(C(=O)NC(C)C)c2)cc1. The quantitative estimate of drug-likeness (QED) is 0.413. The Morgan fingerprint density at radius 1 is 0.935 bits per heavy atom. The zero-order valence-electron chi connectivity index (χ0n) is 18.2. The molecule has 0 radical (unpaired) electrons. The molecule has 0 saturated carbocycles. The fourth-order valence-corrected chi connectivity index (χ4v) is 2.73. The largest absolute Gasteiger partial charge is 0.385 e. The summed E-state index contributed by atoms with van der Waals surface area (Å²) >= 11 is 0. The van der Waals surface area contributed by atoms with Crippen molar-refractivity contribution >= 4 is 29.1 Å². The molecule has 0 unspecified atom stereocenters. The average Bonchev–Trinajstić information content (AvgIpc) is 2.75. The molecule has 0 atom stereocenters. The Bertz CT molecular complexity index is 881. The number of hydrogen-bond donors (Lipinski definition) is 4. The van der Waals surface area contributed by atoms with Gasteiger partial charge in [0, 0.05) is 48.8 Å². The zero-order chi connectivity index (χ0) is 22.6.